The van der Waals surface area contributed by atoms with Crippen LogP contribution in [0.15, 0.2) is 66.2 Å². The molecular weight excluding hydrogens is 597 g/mol. The summed E-state index contributed by atoms with van der Waals surface area (Å²) in [6.07, 6.45) is 1.27. The maximum atomic E-state index is 13.2. The number of anilines is 1. The van der Waals surface area contributed by atoms with E-state index in [0.29, 0.717) is 5.56 Å². The van der Waals surface area contributed by atoms with Gasteiger partial charge in [0.2, 0.25) is 0 Å². The Morgan fingerprint density at radius 1 is 0.971 bits per heavy atom. The third kappa shape index (κ3) is 5.24. The molecule has 1 N–H and O–H groups in total. The Kier molecular flexibility index (Phi) is 7.20. The molecule has 0 bridgehead atoms. The van der Waals surface area contributed by atoms with Crippen molar-refractivity contribution in [1.29, 1.82) is 0 Å². The van der Waals surface area contributed by atoms with Gasteiger partial charge >= 0.3 is 6.03 Å². The summed E-state index contributed by atoms with van der Waals surface area (Å²) in [5.41, 5.74) is 1.07. The quantitative estimate of drug-likeness (QED) is 0.219. The number of nitrogens with one attached hydrogen (secondary N) is 1. The van der Waals surface area contributed by atoms with Crippen LogP contribution in [0.1, 0.15) is 11.1 Å². The first-order chi connectivity index (χ1) is 16.2. The van der Waals surface area contributed by atoms with E-state index in [9.17, 15) is 18.8 Å². The predicted molar refractivity (Wildman–Crippen MR) is 135 cm³/mol. The molecule has 0 aromatic heterocycles. The number of amides is 4. The minimum absolute atomic E-state index is 0.109. The molecule has 1 aliphatic heterocycles. The number of hydrogen-bond acceptors (Lipinski definition) is 4. The first-order valence-corrected chi connectivity index (χ1v) is 11.6. The number of barbiturate groups is 1. The maximum Gasteiger partial charge on any atom is 0.335 e. The van der Waals surface area contributed by atoms with E-state index < -0.39 is 23.7 Å². The first kappa shape index (κ1) is 24.2. The van der Waals surface area contributed by atoms with Gasteiger partial charge in [0.1, 0.15) is 18.0 Å². The lowest BCUT2D eigenvalue weighted by Crippen LogP contribution is -2.54. The molecule has 6 nitrogen and oxygen atoms in total. The van der Waals surface area contributed by atoms with Gasteiger partial charge in [-0.2, -0.15) is 0 Å². The van der Waals surface area contributed by atoms with Gasteiger partial charge in [-0.3, -0.25) is 14.9 Å². The number of carbonyl (C=O) groups excluding carboxylic acids is 3. The van der Waals surface area contributed by atoms with Gasteiger partial charge in [-0.05, 0) is 88.3 Å². The summed E-state index contributed by atoms with van der Waals surface area (Å²) in [5.74, 6) is -2.02. The van der Waals surface area contributed by atoms with Gasteiger partial charge in [-0.15, -0.1) is 0 Å². The van der Waals surface area contributed by atoms with E-state index in [2.05, 4.69) is 27.9 Å². The molecule has 34 heavy (non-hydrogen) atoms. The van der Waals surface area contributed by atoms with E-state index in [-0.39, 0.29) is 33.7 Å². The van der Waals surface area contributed by atoms with Crippen molar-refractivity contribution in [2.75, 3.05) is 4.90 Å². The second kappa shape index (κ2) is 10.1. The lowest BCUT2D eigenvalue weighted by Gasteiger charge is -2.26. The third-order valence-electron chi connectivity index (χ3n) is 4.81. The normalized spacial score (nSPS) is 15.0. The summed E-state index contributed by atoms with van der Waals surface area (Å²) in [6, 6.07) is 14.5. The molecule has 3 aromatic rings. The maximum absolute atomic E-state index is 13.2. The topological polar surface area (TPSA) is 75.7 Å². The molecule has 0 atom stereocenters. The Labute approximate surface area is 217 Å². The molecule has 1 fully saturated rings. The minimum atomic E-state index is -0.936. The van der Waals surface area contributed by atoms with E-state index in [0.717, 1.165) is 26.2 Å². The van der Waals surface area contributed by atoms with Crippen LogP contribution in [-0.4, -0.2) is 17.8 Å². The summed E-state index contributed by atoms with van der Waals surface area (Å²) in [7, 11) is 0. The van der Waals surface area contributed by atoms with E-state index in [1.54, 1.807) is 0 Å². The molecule has 10 heteroatoms. The highest BCUT2D eigenvalue weighted by Crippen LogP contribution is 2.36. The summed E-state index contributed by atoms with van der Waals surface area (Å²) in [5, 5.41) is 2.46. The fraction of sp³-hybridized carbons (Fsp3) is 0.0417. The Morgan fingerprint density at radius 3 is 2.21 bits per heavy atom. The van der Waals surface area contributed by atoms with Crippen molar-refractivity contribution in [3.63, 3.8) is 0 Å². The average Bonchev–Trinajstić information content (AvgIpc) is 2.78. The van der Waals surface area contributed by atoms with Crippen LogP contribution in [0.2, 0.25) is 10.0 Å². The molecule has 0 saturated carbocycles. The van der Waals surface area contributed by atoms with Gasteiger partial charge in [0, 0.05) is 3.57 Å². The Balaban J connectivity index is 1.60. The van der Waals surface area contributed by atoms with E-state index in [1.807, 2.05) is 24.3 Å². The van der Waals surface area contributed by atoms with Gasteiger partial charge in [0.05, 0.1) is 15.7 Å². The van der Waals surface area contributed by atoms with Crippen LogP contribution in [0.4, 0.5) is 14.9 Å². The smallest absolute Gasteiger partial charge is 0.335 e. The number of benzene rings is 3. The van der Waals surface area contributed by atoms with Gasteiger partial charge in [-0.1, -0.05) is 35.3 Å². The van der Waals surface area contributed by atoms with Crippen molar-refractivity contribution in [2.24, 2.45) is 0 Å². The number of ether oxygens (including phenoxy) is 1. The number of halogens is 4. The van der Waals surface area contributed by atoms with Crippen molar-refractivity contribution >= 4 is 75.4 Å². The molecule has 0 unspecified atom stereocenters. The standard InChI is InChI=1S/C24H14Cl2FIN2O4/c25-19-10-14(11-20(26)21(19)34-12-13-1-5-16(28)6-2-13)9-18-22(31)29-24(33)30(23(18)32)17-7-3-15(27)4-8-17/h1-11H,12H2,(H,29,31,33)/b18-9+. The van der Waals surface area contributed by atoms with Crippen LogP contribution < -0.4 is 15.0 Å². The van der Waals surface area contributed by atoms with E-state index in [1.165, 1.54) is 30.3 Å². The monoisotopic (exact) mass is 610 g/mol. The summed E-state index contributed by atoms with van der Waals surface area (Å²) < 4.78 is 20.1. The minimum Gasteiger partial charge on any atom is -0.486 e. The highest BCUT2D eigenvalue weighted by molar-refractivity contribution is 14.1. The molecule has 1 heterocycles. The second-order valence-corrected chi connectivity index (χ2v) is 9.22. The van der Waals surface area contributed by atoms with Crippen molar-refractivity contribution in [2.45, 2.75) is 6.61 Å². The van der Waals surface area contributed by atoms with Gasteiger partial charge in [0.15, 0.2) is 5.75 Å². The van der Waals surface area contributed by atoms with Crippen LogP contribution in [-0.2, 0) is 16.2 Å². The first-order valence-electron chi connectivity index (χ1n) is 9.76. The van der Waals surface area contributed by atoms with Crippen molar-refractivity contribution in [3.8, 4) is 5.75 Å². The molecule has 4 amide bonds. The number of hydrogen-bond donors (Lipinski definition) is 1. The van der Waals surface area contributed by atoms with Gasteiger partial charge < -0.3 is 4.74 Å². The SMILES string of the molecule is O=C1NC(=O)N(c2ccc(F)cc2)C(=O)/C1=C/c1cc(Cl)c(OCc2ccc(I)cc2)c(Cl)c1. The second-order valence-electron chi connectivity index (χ2n) is 7.16. The fourth-order valence-electron chi connectivity index (χ4n) is 3.19. The molecule has 1 aliphatic rings. The van der Waals surface area contributed by atoms with Crippen molar-refractivity contribution < 1.29 is 23.5 Å². The highest BCUT2D eigenvalue weighted by Gasteiger charge is 2.36. The number of urea groups is 1. The Bertz CT molecular complexity index is 1300. The number of nitrogens with zero attached hydrogens (tertiary/aromatic N) is 1. The fourth-order valence-corrected chi connectivity index (χ4v) is 4.16. The molecule has 0 radical (unpaired) electrons. The number of rotatable bonds is 5. The van der Waals surface area contributed by atoms with Crippen LogP contribution >= 0.6 is 45.8 Å². The Hall–Kier alpha value is -2.95. The Morgan fingerprint density at radius 2 is 1.59 bits per heavy atom. The molecular formula is C24H14Cl2FIN2O4. The van der Waals surface area contributed by atoms with E-state index in [4.69, 9.17) is 27.9 Å². The van der Waals surface area contributed by atoms with Crippen LogP contribution in [0, 0.1) is 9.39 Å². The lowest BCUT2D eigenvalue weighted by atomic mass is 10.1. The molecule has 0 spiro atoms. The molecule has 1 saturated heterocycles. The zero-order chi connectivity index (χ0) is 24.4. The lowest BCUT2D eigenvalue weighted by molar-refractivity contribution is -0.122. The molecule has 0 aliphatic carbocycles. The number of imide groups is 2. The zero-order valence-corrected chi connectivity index (χ0v) is 20.8. The molecule has 3 aromatic carbocycles. The molecule has 4 rings (SSSR count). The summed E-state index contributed by atoms with van der Waals surface area (Å²) in [4.78, 5) is 38.3. The van der Waals surface area contributed by atoms with Crippen LogP contribution in [0.5, 0.6) is 5.75 Å². The van der Waals surface area contributed by atoms with Crippen molar-refractivity contribution in [3.05, 3.63) is 96.8 Å². The van der Waals surface area contributed by atoms with Crippen LogP contribution in [0.25, 0.3) is 6.08 Å². The third-order valence-corrected chi connectivity index (χ3v) is 6.10. The zero-order valence-electron chi connectivity index (χ0n) is 17.2. The van der Waals surface area contributed by atoms with Crippen molar-refractivity contribution in [1.82, 2.24) is 5.32 Å². The largest absolute Gasteiger partial charge is 0.486 e. The number of carbonyl (C=O) groups is 3. The summed E-state index contributed by atoms with van der Waals surface area (Å²) in [6.45, 7) is 0.242. The molecule has 172 valence electrons. The predicted octanol–water partition coefficient (Wildman–Crippen LogP) is 5.98. The van der Waals surface area contributed by atoms with E-state index >= 15 is 0 Å². The average molecular weight is 611 g/mol. The van der Waals surface area contributed by atoms with Gasteiger partial charge in [0.25, 0.3) is 11.8 Å². The van der Waals surface area contributed by atoms with Gasteiger partial charge in [-0.25, -0.2) is 14.1 Å². The summed E-state index contributed by atoms with van der Waals surface area (Å²) >= 11 is 14.9. The highest BCUT2D eigenvalue weighted by atomic mass is 127. The van der Waals surface area contributed by atoms with Crippen LogP contribution in [0.3, 0.4) is 0 Å².